The van der Waals surface area contributed by atoms with Crippen molar-refractivity contribution in [1.29, 1.82) is 0 Å². The first-order valence-corrected chi connectivity index (χ1v) is 8.14. The Morgan fingerprint density at radius 3 is 2.59 bits per heavy atom. The molecule has 0 atom stereocenters. The lowest BCUT2D eigenvalue weighted by molar-refractivity contribution is -0.121. The fourth-order valence-electron chi connectivity index (χ4n) is 2.29. The van der Waals surface area contributed by atoms with E-state index in [1.165, 1.54) is 6.26 Å². The van der Waals surface area contributed by atoms with Crippen molar-refractivity contribution in [2.45, 2.75) is 19.4 Å². The van der Waals surface area contributed by atoms with Gasteiger partial charge < -0.3 is 18.8 Å². The zero-order valence-corrected chi connectivity index (χ0v) is 14.0. The first-order valence-electron chi connectivity index (χ1n) is 8.14. The molecule has 0 radical (unpaired) electrons. The second kappa shape index (κ2) is 7.60. The van der Waals surface area contributed by atoms with E-state index in [2.05, 4.69) is 30.6 Å². The molecule has 0 aliphatic rings. The van der Waals surface area contributed by atoms with Gasteiger partial charge in [0.25, 0.3) is 0 Å². The maximum Gasteiger partial charge on any atom is 0.246 e. The molecule has 4 heterocycles. The van der Waals surface area contributed by atoms with Crippen LogP contribution >= 0.6 is 0 Å². The van der Waals surface area contributed by atoms with Crippen molar-refractivity contribution in [1.82, 2.24) is 30.6 Å². The summed E-state index contributed by atoms with van der Waals surface area (Å²) in [5.41, 5.74) is 0.787. The third kappa shape index (κ3) is 4.06. The van der Waals surface area contributed by atoms with Gasteiger partial charge in [0.05, 0.1) is 12.8 Å². The SMILES string of the molecule is O=C(CCc1nc(-c2ccco2)no1)NCc1nc(-c2ccncc2)no1. The van der Waals surface area contributed by atoms with Crippen LogP contribution in [0.2, 0.25) is 0 Å². The summed E-state index contributed by atoms with van der Waals surface area (Å²) < 4.78 is 15.4. The van der Waals surface area contributed by atoms with Crippen molar-refractivity contribution in [3.8, 4) is 23.0 Å². The maximum absolute atomic E-state index is 12.0. The molecular formula is C17H14N6O4. The largest absolute Gasteiger partial charge is 0.461 e. The van der Waals surface area contributed by atoms with E-state index in [0.29, 0.717) is 35.6 Å². The zero-order chi connectivity index (χ0) is 18.5. The minimum atomic E-state index is -0.198. The number of rotatable bonds is 7. The Morgan fingerprint density at radius 2 is 1.78 bits per heavy atom. The molecular weight excluding hydrogens is 352 g/mol. The molecule has 0 saturated carbocycles. The van der Waals surface area contributed by atoms with Crippen molar-refractivity contribution in [2.24, 2.45) is 0 Å². The molecule has 0 aliphatic carbocycles. The van der Waals surface area contributed by atoms with Gasteiger partial charge in [-0.2, -0.15) is 9.97 Å². The Balaban J connectivity index is 1.26. The summed E-state index contributed by atoms with van der Waals surface area (Å²) >= 11 is 0. The lowest BCUT2D eigenvalue weighted by Gasteiger charge is -1.99. The van der Waals surface area contributed by atoms with Gasteiger partial charge in [0.15, 0.2) is 5.76 Å². The average Bonchev–Trinajstić information content (AvgIpc) is 3.47. The van der Waals surface area contributed by atoms with Crippen molar-refractivity contribution in [3.63, 3.8) is 0 Å². The van der Waals surface area contributed by atoms with Crippen LogP contribution in [0.5, 0.6) is 0 Å². The number of nitrogens with zero attached hydrogens (tertiary/aromatic N) is 5. The molecule has 0 bridgehead atoms. The number of hydrogen-bond acceptors (Lipinski definition) is 9. The molecule has 0 unspecified atom stereocenters. The van der Waals surface area contributed by atoms with Gasteiger partial charge in [0.2, 0.25) is 29.3 Å². The molecule has 136 valence electrons. The Kier molecular flexibility index (Phi) is 4.68. The molecule has 4 aromatic rings. The monoisotopic (exact) mass is 366 g/mol. The molecule has 0 aliphatic heterocycles. The van der Waals surface area contributed by atoms with Gasteiger partial charge in [-0.05, 0) is 24.3 Å². The Labute approximate surface area is 152 Å². The third-order valence-corrected chi connectivity index (χ3v) is 3.62. The van der Waals surface area contributed by atoms with E-state index in [1.807, 2.05) is 0 Å². The van der Waals surface area contributed by atoms with Crippen LogP contribution in [0.15, 0.2) is 56.4 Å². The molecule has 4 rings (SSSR count). The summed E-state index contributed by atoms with van der Waals surface area (Å²) in [5, 5.41) is 10.4. The summed E-state index contributed by atoms with van der Waals surface area (Å²) in [6.07, 6.45) is 5.30. The van der Waals surface area contributed by atoms with Crippen LogP contribution in [0.4, 0.5) is 0 Å². The molecule has 27 heavy (non-hydrogen) atoms. The van der Waals surface area contributed by atoms with Crippen molar-refractivity contribution in [3.05, 3.63) is 54.7 Å². The van der Waals surface area contributed by atoms with Gasteiger partial charge in [0.1, 0.15) is 0 Å². The summed E-state index contributed by atoms with van der Waals surface area (Å²) in [7, 11) is 0. The lowest BCUT2D eigenvalue weighted by atomic mass is 10.2. The Hall–Kier alpha value is -3.82. The predicted molar refractivity (Wildman–Crippen MR) is 89.7 cm³/mol. The smallest absolute Gasteiger partial charge is 0.246 e. The molecule has 0 spiro atoms. The standard InChI is InChI=1S/C17H14N6O4/c24-13(3-4-14-20-17(23-26-14)12-2-1-9-25-12)19-10-15-21-16(22-27-15)11-5-7-18-8-6-11/h1-2,5-9H,3-4,10H2,(H,19,24). The van der Waals surface area contributed by atoms with Crippen LogP contribution < -0.4 is 5.32 Å². The van der Waals surface area contributed by atoms with Crippen LogP contribution in [0, 0.1) is 0 Å². The predicted octanol–water partition coefficient (Wildman–Crippen LogP) is 2.02. The lowest BCUT2D eigenvalue weighted by Crippen LogP contribution is -2.23. The quantitative estimate of drug-likeness (QED) is 0.521. The van der Waals surface area contributed by atoms with E-state index in [1.54, 1.807) is 36.7 Å². The highest BCUT2D eigenvalue weighted by Gasteiger charge is 2.13. The van der Waals surface area contributed by atoms with Gasteiger partial charge in [0, 0.05) is 30.8 Å². The number of carbonyl (C=O) groups is 1. The number of aromatic nitrogens is 5. The fourth-order valence-corrected chi connectivity index (χ4v) is 2.29. The number of pyridine rings is 1. The van der Waals surface area contributed by atoms with Crippen molar-refractivity contribution in [2.75, 3.05) is 0 Å². The fraction of sp³-hybridized carbons (Fsp3) is 0.176. The minimum absolute atomic E-state index is 0.137. The number of carbonyl (C=O) groups excluding carboxylic acids is 1. The zero-order valence-electron chi connectivity index (χ0n) is 14.0. The highest BCUT2D eigenvalue weighted by molar-refractivity contribution is 5.75. The summed E-state index contributed by atoms with van der Waals surface area (Å²) in [4.78, 5) is 24.3. The van der Waals surface area contributed by atoms with Gasteiger partial charge in [-0.3, -0.25) is 9.78 Å². The van der Waals surface area contributed by atoms with Crippen molar-refractivity contribution >= 4 is 5.91 Å². The van der Waals surface area contributed by atoms with Gasteiger partial charge in [-0.1, -0.05) is 10.3 Å². The molecule has 1 N–H and O–H groups in total. The maximum atomic E-state index is 12.0. The number of aryl methyl sites for hydroxylation is 1. The first-order chi connectivity index (χ1) is 13.3. The van der Waals surface area contributed by atoms with Crippen LogP contribution in [-0.2, 0) is 17.8 Å². The van der Waals surface area contributed by atoms with E-state index in [9.17, 15) is 4.79 Å². The Bertz CT molecular complexity index is 1010. The normalized spacial score (nSPS) is 10.8. The van der Waals surface area contributed by atoms with Crippen LogP contribution in [0.25, 0.3) is 23.0 Å². The Morgan fingerprint density at radius 1 is 1.00 bits per heavy atom. The van der Waals surface area contributed by atoms with Gasteiger partial charge in [-0.25, -0.2) is 0 Å². The van der Waals surface area contributed by atoms with Crippen molar-refractivity contribution < 1.29 is 18.3 Å². The van der Waals surface area contributed by atoms with E-state index < -0.39 is 0 Å². The van der Waals surface area contributed by atoms with Gasteiger partial charge in [-0.15, -0.1) is 0 Å². The summed E-state index contributed by atoms with van der Waals surface area (Å²) in [6.45, 7) is 0.137. The second-order valence-electron chi connectivity index (χ2n) is 5.51. The van der Waals surface area contributed by atoms with E-state index in [-0.39, 0.29) is 18.9 Å². The van der Waals surface area contributed by atoms with Crippen LogP contribution in [-0.4, -0.2) is 31.2 Å². The highest BCUT2D eigenvalue weighted by atomic mass is 16.5. The number of nitrogens with one attached hydrogen (secondary N) is 1. The minimum Gasteiger partial charge on any atom is -0.461 e. The molecule has 0 fully saturated rings. The molecule has 10 nitrogen and oxygen atoms in total. The molecule has 4 aromatic heterocycles. The molecule has 0 aromatic carbocycles. The number of hydrogen-bond donors (Lipinski definition) is 1. The number of furan rings is 1. The summed E-state index contributed by atoms with van der Waals surface area (Å²) in [6, 6.07) is 7.01. The second-order valence-corrected chi connectivity index (χ2v) is 5.51. The average molecular weight is 366 g/mol. The van der Waals surface area contributed by atoms with Crippen LogP contribution in [0.1, 0.15) is 18.2 Å². The van der Waals surface area contributed by atoms with E-state index >= 15 is 0 Å². The number of amides is 1. The van der Waals surface area contributed by atoms with Crippen LogP contribution in [0.3, 0.4) is 0 Å². The first kappa shape index (κ1) is 16.6. The molecule has 10 heteroatoms. The van der Waals surface area contributed by atoms with E-state index in [0.717, 1.165) is 5.56 Å². The van der Waals surface area contributed by atoms with Gasteiger partial charge >= 0.3 is 0 Å². The molecule has 0 saturated heterocycles. The summed E-state index contributed by atoms with van der Waals surface area (Å²) in [5.74, 6) is 1.78. The topological polar surface area (TPSA) is 133 Å². The van der Waals surface area contributed by atoms with E-state index in [4.69, 9.17) is 13.5 Å². The third-order valence-electron chi connectivity index (χ3n) is 3.62. The highest BCUT2D eigenvalue weighted by Crippen LogP contribution is 2.16. The molecule has 1 amide bonds.